The third kappa shape index (κ3) is 3.69. The average molecular weight is 346 g/mol. The Kier molecular flexibility index (Phi) is 4.37. The van der Waals surface area contributed by atoms with E-state index in [1.165, 1.54) is 4.88 Å². The van der Waals surface area contributed by atoms with Crippen LogP contribution >= 0.6 is 11.3 Å². The van der Waals surface area contributed by atoms with Crippen molar-refractivity contribution in [1.29, 1.82) is 0 Å². The van der Waals surface area contributed by atoms with E-state index < -0.39 is 12.7 Å². The normalized spacial score (nSPS) is 18.4. The van der Waals surface area contributed by atoms with E-state index in [1.807, 2.05) is 18.9 Å². The number of aromatic nitrogens is 5. The number of rotatable bonds is 4. The summed E-state index contributed by atoms with van der Waals surface area (Å²) >= 11 is 1.66. The number of thiazole rings is 1. The first-order chi connectivity index (χ1) is 10.8. The Morgan fingerprint density at radius 1 is 1.39 bits per heavy atom. The fourth-order valence-corrected chi connectivity index (χ4v) is 4.08. The van der Waals surface area contributed by atoms with Gasteiger partial charge in [-0.25, -0.2) is 9.67 Å². The van der Waals surface area contributed by atoms with Gasteiger partial charge in [0.1, 0.15) is 6.54 Å². The molecule has 2 aromatic heterocycles. The summed E-state index contributed by atoms with van der Waals surface area (Å²) < 4.78 is 38.5. The van der Waals surface area contributed by atoms with Crippen molar-refractivity contribution >= 4 is 11.3 Å². The number of nitrogens with zero attached hydrogens (tertiary/aromatic N) is 6. The Labute approximate surface area is 135 Å². The summed E-state index contributed by atoms with van der Waals surface area (Å²) in [5.74, 6) is 0.221. The van der Waals surface area contributed by atoms with Crippen LogP contribution in [0.15, 0.2) is 0 Å². The molecular weight excluding hydrogens is 329 g/mol. The van der Waals surface area contributed by atoms with Gasteiger partial charge >= 0.3 is 6.18 Å². The number of halogens is 3. The van der Waals surface area contributed by atoms with Gasteiger partial charge in [0.25, 0.3) is 0 Å². The van der Waals surface area contributed by atoms with Gasteiger partial charge in [0.15, 0.2) is 5.82 Å². The minimum absolute atomic E-state index is 0.154. The molecule has 0 spiro atoms. The molecule has 0 radical (unpaired) electrons. The molecule has 0 saturated heterocycles. The summed E-state index contributed by atoms with van der Waals surface area (Å²) in [7, 11) is 1.89. The summed E-state index contributed by atoms with van der Waals surface area (Å²) in [4.78, 5) is 7.77. The molecule has 1 unspecified atom stereocenters. The molecule has 1 atom stereocenters. The van der Waals surface area contributed by atoms with Gasteiger partial charge in [-0.15, -0.1) is 16.4 Å². The van der Waals surface area contributed by atoms with Crippen molar-refractivity contribution < 1.29 is 13.2 Å². The lowest BCUT2D eigenvalue weighted by Gasteiger charge is -2.30. The lowest BCUT2D eigenvalue weighted by Crippen LogP contribution is -2.29. The molecule has 2 aromatic rings. The topological polar surface area (TPSA) is 59.7 Å². The Hall–Kier alpha value is -1.55. The van der Waals surface area contributed by atoms with E-state index >= 15 is 0 Å². The van der Waals surface area contributed by atoms with Crippen molar-refractivity contribution in [3.8, 4) is 0 Å². The molecule has 6 nitrogen and oxygen atoms in total. The van der Waals surface area contributed by atoms with E-state index in [2.05, 4.69) is 20.5 Å². The number of aryl methyl sites for hydroxylation is 2. The van der Waals surface area contributed by atoms with E-state index in [-0.39, 0.29) is 18.4 Å². The number of alkyl halides is 3. The van der Waals surface area contributed by atoms with Crippen molar-refractivity contribution in [2.24, 2.45) is 0 Å². The molecule has 0 bridgehead atoms. The number of hydrogen-bond donors (Lipinski definition) is 0. The van der Waals surface area contributed by atoms with Crippen LogP contribution < -0.4 is 0 Å². The minimum Gasteiger partial charge on any atom is -0.291 e. The van der Waals surface area contributed by atoms with Crippen LogP contribution in [0.2, 0.25) is 0 Å². The van der Waals surface area contributed by atoms with Crippen LogP contribution in [0.5, 0.6) is 0 Å². The smallest absolute Gasteiger partial charge is 0.291 e. The summed E-state index contributed by atoms with van der Waals surface area (Å²) in [6.07, 6.45) is -1.38. The van der Waals surface area contributed by atoms with Crippen molar-refractivity contribution in [2.45, 2.75) is 51.5 Å². The quantitative estimate of drug-likeness (QED) is 0.851. The molecule has 10 heteroatoms. The van der Waals surface area contributed by atoms with Crippen molar-refractivity contribution in [1.82, 2.24) is 30.1 Å². The largest absolute Gasteiger partial charge is 0.408 e. The fraction of sp³-hybridized carbons (Fsp3) is 0.692. The molecule has 0 fully saturated rings. The molecule has 2 heterocycles. The van der Waals surface area contributed by atoms with Gasteiger partial charge in [0, 0.05) is 10.9 Å². The van der Waals surface area contributed by atoms with E-state index in [9.17, 15) is 13.2 Å². The van der Waals surface area contributed by atoms with Gasteiger partial charge in [-0.05, 0) is 43.7 Å². The zero-order chi connectivity index (χ0) is 16.6. The van der Waals surface area contributed by atoms with Gasteiger partial charge in [-0.3, -0.25) is 4.90 Å². The first-order valence-electron chi connectivity index (χ1n) is 7.32. The highest BCUT2D eigenvalue weighted by Crippen LogP contribution is 2.37. The molecule has 126 valence electrons. The van der Waals surface area contributed by atoms with Gasteiger partial charge in [-0.1, -0.05) is 0 Å². The lowest BCUT2D eigenvalue weighted by molar-refractivity contribution is -0.143. The second-order valence-corrected chi connectivity index (χ2v) is 6.97. The molecule has 1 aliphatic carbocycles. The monoisotopic (exact) mass is 346 g/mol. The lowest BCUT2D eigenvalue weighted by atomic mass is 9.97. The summed E-state index contributed by atoms with van der Waals surface area (Å²) in [6.45, 7) is 1.08. The summed E-state index contributed by atoms with van der Waals surface area (Å²) in [5, 5.41) is 11.6. The van der Waals surface area contributed by atoms with Crippen LogP contribution in [-0.2, 0) is 19.5 Å². The van der Waals surface area contributed by atoms with Crippen molar-refractivity contribution in [3.63, 3.8) is 0 Å². The average Bonchev–Trinajstić information content (AvgIpc) is 3.02. The highest BCUT2D eigenvalue weighted by Gasteiger charge is 2.32. The van der Waals surface area contributed by atoms with Crippen LogP contribution in [0, 0.1) is 6.92 Å². The van der Waals surface area contributed by atoms with Crippen LogP contribution in [0.1, 0.15) is 40.3 Å². The molecule has 0 aromatic carbocycles. The van der Waals surface area contributed by atoms with Crippen molar-refractivity contribution in [2.75, 3.05) is 7.05 Å². The highest BCUT2D eigenvalue weighted by molar-refractivity contribution is 7.11. The molecule has 1 aliphatic rings. The number of fused-ring (bicyclic) bond motifs is 1. The molecule has 0 amide bonds. The van der Waals surface area contributed by atoms with E-state index in [4.69, 9.17) is 0 Å². The first kappa shape index (κ1) is 16.3. The van der Waals surface area contributed by atoms with E-state index in [1.54, 1.807) is 11.3 Å². The molecule has 0 saturated carbocycles. The van der Waals surface area contributed by atoms with Gasteiger partial charge in [0.05, 0.1) is 17.2 Å². The zero-order valence-corrected chi connectivity index (χ0v) is 13.7. The van der Waals surface area contributed by atoms with Crippen LogP contribution in [0.3, 0.4) is 0 Å². The van der Waals surface area contributed by atoms with Gasteiger partial charge < -0.3 is 0 Å². The molecule has 0 aliphatic heterocycles. The highest BCUT2D eigenvalue weighted by atomic mass is 32.1. The maximum atomic E-state index is 12.6. The Bertz CT molecular complexity index is 680. The Morgan fingerprint density at radius 2 is 2.17 bits per heavy atom. The first-order valence-corrected chi connectivity index (χ1v) is 8.13. The summed E-state index contributed by atoms with van der Waals surface area (Å²) in [5.41, 5.74) is 1.12. The fourth-order valence-electron chi connectivity index (χ4n) is 2.90. The van der Waals surface area contributed by atoms with Crippen molar-refractivity contribution in [3.05, 3.63) is 21.4 Å². The number of hydrogen-bond acceptors (Lipinski definition) is 6. The van der Waals surface area contributed by atoms with E-state index in [0.717, 1.165) is 34.6 Å². The third-order valence-electron chi connectivity index (χ3n) is 3.89. The Morgan fingerprint density at radius 3 is 2.91 bits per heavy atom. The zero-order valence-electron chi connectivity index (χ0n) is 12.8. The van der Waals surface area contributed by atoms with Crippen LogP contribution in [0.25, 0.3) is 0 Å². The predicted octanol–water partition coefficient (Wildman–Crippen LogP) is 2.51. The standard InChI is InChI=1S/C13H17F3N6S/c1-8-17-9-4-3-5-10(12(9)23-8)21(2)6-11-18-19-20-22(11)7-13(14,15)16/h10H,3-7H2,1-2H3. The van der Waals surface area contributed by atoms with E-state index in [0.29, 0.717) is 0 Å². The SMILES string of the molecule is Cc1nc2c(s1)C(N(C)Cc1nnnn1CC(F)(F)F)CCC2. The number of tetrazole rings is 1. The van der Waals surface area contributed by atoms with Gasteiger partial charge in [-0.2, -0.15) is 13.2 Å². The van der Waals surface area contributed by atoms with Crippen LogP contribution in [0.4, 0.5) is 13.2 Å². The molecular formula is C13H17F3N6S. The minimum atomic E-state index is -4.34. The van der Waals surface area contributed by atoms with Gasteiger partial charge in [0.2, 0.25) is 0 Å². The molecule has 3 rings (SSSR count). The molecule has 23 heavy (non-hydrogen) atoms. The maximum Gasteiger partial charge on any atom is 0.408 e. The predicted molar refractivity (Wildman–Crippen MR) is 77.9 cm³/mol. The van der Waals surface area contributed by atoms with Crippen LogP contribution in [-0.4, -0.2) is 43.3 Å². The second-order valence-electron chi connectivity index (χ2n) is 5.73. The Balaban J connectivity index is 1.76. The molecule has 0 N–H and O–H groups in total. The maximum absolute atomic E-state index is 12.6. The second kappa shape index (κ2) is 6.16. The summed E-state index contributed by atoms with van der Waals surface area (Å²) in [6, 6.07) is 0.154. The third-order valence-corrected chi connectivity index (χ3v) is 5.00.